The van der Waals surface area contributed by atoms with Gasteiger partial charge in [0, 0.05) is 19.5 Å². The summed E-state index contributed by atoms with van der Waals surface area (Å²) in [7, 11) is 0. The van der Waals surface area contributed by atoms with Crippen LogP contribution in [0, 0.1) is 11.8 Å². The van der Waals surface area contributed by atoms with Gasteiger partial charge in [-0.15, -0.1) is 0 Å². The maximum absolute atomic E-state index is 11.9. The van der Waals surface area contributed by atoms with Crippen LogP contribution in [0.25, 0.3) is 0 Å². The van der Waals surface area contributed by atoms with Crippen LogP contribution in [0.3, 0.4) is 0 Å². The molecule has 3 nitrogen and oxygen atoms in total. The first-order valence-electron chi connectivity index (χ1n) is 7.12. The number of carbonyl (C=O) groups is 1. The molecular formula is C14H28N2O. The van der Waals surface area contributed by atoms with Crippen molar-refractivity contribution in [3.8, 4) is 0 Å². The molecule has 1 saturated heterocycles. The molecule has 1 fully saturated rings. The third-order valence-electron chi connectivity index (χ3n) is 3.59. The van der Waals surface area contributed by atoms with Crippen LogP contribution >= 0.6 is 0 Å². The van der Waals surface area contributed by atoms with E-state index in [0.29, 0.717) is 11.8 Å². The lowest BCUT2D eigenvalue weighted by atomic mass is 9.96. The van der Waals surface area contributed by atoms with Crippen molar-refractivity contribution in [3.63, 3.8) is 0 Å². The van der Waals surface area contributed by atoms with E-state index in [9.17, 15) is 4.79 Å². The molecule has 0 saturated carbocycles. The first kappa shape index (κ1) is 14.5. The smallest absolute Gasteiger partial charge is 0.222 e. The molecule has 3 heteroatoms. The summed E-state index contributed by atoms with van der Waals surface area (Å²) >= 11 is 0. The Morgan fingerprint density at radius 1 is 1.35 bits per heavy atom. The van der Waals surface area contributed by atoms with E-state index in [1.165, 1.54) is 12.8 Å². The molecule has 0 aromatic carbocycles. The molecule has 0 atom stereocenters. The highest BCUT2D eigenvalue weighted by Crippen LogP contribution is 2.18. The first-order valence-corrected chi connectivity index (χ1v) is 7.12. The van der Waals surface area contributed by atoms with Crippen molar-refractivity contribution < 1.29 is 4.79 Å². The van der Waals surface area contributed by atoms with Crippen LogP contribution in [0.4, 0.5) is 0 Å². The Kier molecular flexibility index (Phi) is 6.56. The number of likely N-dealkylation sites (tertiary alicyclic amines) is 1. The number of amides is 1. The van der Waals surface area contributed by atoms with Gasteiger partial charge in [-0.05, 0) is 44.2 Å². The van der Waals surface area contributed by atoms with Crippen molar-refractivity contribution >= 4 is 5.91 Å². The molecule has 0 spiro atoms. The maximum atomic E-state index is 11.9. The predicted octanol–water partition coefficient (Wildman–Crippen LogP) is 2.27. The normalized spacial score (nSPS) is 17.8. The van der Waals surface area contributed by atoms with E-state index in [-0.39, 0.29) is 0 Å². The number of rotatable bonds is 6. The van der Waals surface area contributed by atoms with Crippen molar-refractivity contribution in [1.82, 2.24) is 10.2 Å². The Morgan fingerprint density at radius 2 is 2.00 bits per heavy atom. The molecule has 1 rings (SSSR count). The van der Waals surface area contributed by atoms with Crippen molar-refractivity contribution in [2.45, 2.75) is 46.5 Å². The zero-order chi connectivity index (χ0) is 12.7. The summed E-state index contributed by atoms with van der Waals surface area (Å²) < 4.78 is 0. The third-order valence-corrected chi connectivity index (χ3v) is 3.59. The van der Waals surface area contributed by atoms with E-state index < -0.39 is 0 Å². The predicted molar refractivity (Wildman–Crippen MR) is 71.9 cm³/mol. The fourth-order valence-corrected chi connectivity index (χ4v) is 2.31. The summed E-state index contributed by atoms with van der Waals surface area (Å²) in [6.07, 6.45) is 4.09. The van der Waals surface area contributed by atoms with E-state index in [1.54, 1.807) is 0 Å². The van der Waals surface area contributed by atoms with Gasteiger partial charge in [0.25, 0.3) is 0 Å². The van der Waals surface area contributed by atoms with Gasteiger partial charge in [-0.1, -0.05) is 20.8 Å². The molecule has 0 bridgehead atoms. The number of piperidine rings is 1. The van der Waals surface area contributed by atoms with Gasteiger partial charge < -0.3 is 10.2 Å². The molecule has 1 aliphatic heterocycles. The lowest BCUT2D eigenvalue weighted by molar-refractivity contribution is -0.132. The molecule has 1 amide bonds. The van der Waals surface area contributed by atoms with E-state index in [4.69, 9.17) is 0 Å². The Hall–Kier alpha value is -0.570. The molecule has 17 heavy (non-hydrogen) atoms. The quantitative estimate of drug-likeness (QED) is 0.772. The number of nitrogens with zero attached hydrogens (tertiary/aromatic N) is 1. The van der Waals surface area contributed by atoms with Crippen LogP contribution in [0.15, 0.2) is 0 Å². The van der Waals surface area contributed by atoms with Crippen LogP contribution in [-0.4, -0.2) is 37.0 Å². The minimum atomic E-state index is 0.362. The minimum Gasteiger partial charge on any atom is -0.343 e. The molecular weight excluding hydrogens is 212 g/mol. The number of nitrogens with one attached hydrogen (secondary N) is 1. The summed E-state index contributed by atoms with van der Waals surface area (Å²) in [5.41, 5.74) is 0. The average Bonchev–Trinajstić information content (AvgIpc) is 2.34. The second-order valence-corrected chi connectivity index (χ2v) is 5.56. The fraction of sp³-hybridized carbons (Fsp3) is 0.929. The van der Waals surface area contributed by atoms with Gasteiger partial charge in [-0.2, -0.15) is 0 Å². The molecule has 0 aromatic heterocycles. The lowest BCUT2D eigenvalue weighted by Gasteiger charge is -2.32. The van der Waals surface area contributed by atoms with Crippen LogP contribution in [0.5, 0.6) is 0 Å². The van der Waals surface area contributed by atoms with Gasteiger partial charge in [-0.25, -0.2) is 0 Å². The lowest BCUT2D eigenvalue weighted by Crippen LogP contribution is -2.40. The highest BCUT2D eigenvalue weighted by molar-refractivity contribution is 5.76. The standard InChI is InChI=1S/C14H28N2O/c1-4-15-11-13-7-9-16(10-8-13)14(17)6-5-12(2)3/h12-13,15H,4-11H2,1-3H3. The van der Waals surface area contributed by atoms with Gasteiger partial charge in [0.2, 0.25) is 5.91 Å². The van der Waals surface area contributed by atoms with Crippen LogP contribution < -0.4 is 5.32 Å². The molecule has 100 valence electrons. The van der Waals surface area contributed by atoms with Gasteiger partial charge >= 0.3 is 0 Å². The van der Waals surface area contributed by atoms with Crippen molar-refractivity contribution in [2.24, 2.45) is 11.8 Å². The molecule has 0 aliphatic carbocycles. The van der Waals surface area contributed by atoms with E-state index in [1.807, 2.05) is 0 Å². The SMILES string of the molecule is CCNCC1CCN(C(=O)CCC(C)C)CC1. The Balaban J connectivity index is 2.19. The fourth-order valence-electron chi connectivity index (χ4n) is 2.31. The molecule has 0 aromatic rings. The van der Waals surface area contributed by atoms with Crippen LogP contribution in [-0.2, 0) is 4.79 Å². The molecule has 0 radical (unpaired) electrons. The van der Waals surface area contributed by atoms with Crippen molar-refractivity contribution in [3.05, 3.63) is 0 Å². The van der Waals surface area contributed by atoms with E-state index >= 15 is 0 Å². The highest BCUT2D eigenvalue weighted by Gasteiger charge is 2.22. The van der Waals surface area contributed by atoms with Gasteiger partial charge in [0.1, 0.15) is 0 Å². The monoisotopic (exact) mass is 240 g/mol. The molecule has 1 heterocycles. The first-order chi connectivity index (χ1) is 8.13. The van der Waals surface area contributed by atoms with E-state index in [0.717, 1.165) is 44.9 Å². The van der Waals surface area contributed by atoms with E-state index in [2.05, 4.69) is 31.0 Å². The number of hydrogen-bond donors (Lipinski definition) is 1. The molecule has 1 N–H and O–H groups in total. The van der Waals surface area contributed by atoms with Gasteiger partial charge in [-0.3, -0.25) is 4.79 Å². The van der Waals surface area contributed by atoms with Gasteiger partial charge in [0.15, 0.2) is 0 Å². The van der Waals surface area contributed by atoms with Crippen molar-refractivity contribution in [2.75, 3.05) is 26.2 Å². The second-order valence-electron chi connectivity index (χ2n) is 5.56. The maximum Gasteiger partial charge on any atom is 0.222 e. The summed E-state index contributed by atoms with van der Waals surface area (Å²) in [6, 6.07) is 0. The zero-order valence-electron chi connectivity index (χ0n) is 11.7. The zero-order valence-corrected chi connectivity index (χ0v) is 11.7. The summed E-state index contributed by atoms with van der Waals surface area (Å²) in [5.74, 6) is 1.76. The van der Waals surface area contributed by atoms with Gasteiger partial charge in [0.05, 0.1) is 0 Å². The summed E-state index contributed by atoms with van der Waals surface area (Å²) in [6.45, 7) is 10.6. The Bertz CT molecular complexity index is 220. The minimum absolute atomic E-state index is 0.362. The largest absolute Gasteiger partial charge is 0.343 e. The van der Waals surface area contributed by atoms with Crippen LogP contribution in [0.2, 0.25) is 0 Å². The summed E-state index contributed by atoms with van der Waals surface area (Å²) in [5, 5.41) is 3.40. The topological polar surface area (TPSA) is 32.3 Å². The summed E-state index contributed by atoms with van der Waals surface area (Å²) in [4.78, 5) is 14.0. The number of carbonyl (C=O) groups excluding carboxylic acids is 1. The average molecular weight is 240 g/mol. The second kappa shape index (κ2) is 7.70. The van der Waals surface area contributed by atoms with Crippen LogP contribution in [0.1, 0.15) is 46.5 Å². The third kappa shape index (κ3) is 5.53. The highest BCUT2D eigenvalue weighted by atomic mass is 16.2. The molecule has 1 aliphatic rings. The Labute approximate surface area is 106 Å². The number of hydrogen-bond acceptors (Lipinski definition) is 2. The Morgan fingerprint density at radius 3 is 2.53 bits per heavy atom. The van der Waals surface area contributed by atoms with Crippen molar-refractivity contribution in [1.29, 1.82) is 0 Å². The molecule has 0 unspecified atom stereocenters.